The maximum atomic E-state index is 12.1. The molecule has 1 amide bonds. The highest BCUT2D eigenvalue weighted by atomic mass is 32.1. The molecule has 8 heteroatoms. The van der Waals surface area contributed by atoms with Crippen molar-refractivity contribution in [1.82, 2.24) is 10.2 Å². The quantitative estimate of drug-likeness (QED) is 0.620. The van der Waals surface area contributed by atoms with Crippen molar-refractivity contribution in [3.05, 3.63) is 24.3 Å². The Morgan fingerprint density at radius 1 is 1.43 bits per heavy atom. The van der Waals surface area contributed by atoms with Gasteiger partial charge in [0.2, 0.25) is 5.91 Å². The predicted octanol–water partition coefficient (Wildman–Crippen LogP) is 0.756. The molecule has 2 N–H and O–H groups in total. The van der Waals surface area contributed by atoms with Gasteiger partial charge in [-0.1, -0.05) is 12.1 Å². The molecule has 124 valence electrons. The van der Waals surface area contributed by atoms with Gasteiger partial charge in [0, 0.05) is 13.1 Å². The lowest BCUT2D eigenvalue weighted by Crippen LogP contribution is -2.58. The van der Waals surface area contributed by atoms with Gasteiger partial charge in [0.05, 0.1) is 26.3 Å². The van der Waals surface area contributed by atoms with Crippen LogP contribution in [-0.2, 0) is 14.3 Å². The molecule has 1 atom stereocenters. The van der Waals surface area contributed by atoms with Crippen LogP contribution in [0.5, 0.6) is 5.75 Å². The van der Waals surface area contributed by atoms with Crippen molar-refractivity contribution in [2.24, 2.45) is 0 Å². The van der Waals surface area contributed by atoms with Crippen LogP contribution in [0, 0.1) is 0 Å². The van der Waals surface area contributed by atoms with Crippen molar-refractivity contribution >= 4 is 34.9 Å². The predicted molar refractivity (Wildman–Crippen MR) is 89.4 cm³/mol. The van der Waals surface area contributed by atoms with Crippen LogP contribution < -0.4 is 15.4 Å². The smallest absolute Gasteiger partial charge is 0.308 e. The number of hydrogen-bond donors (Lipinski definition) is 2. The molecule has 0 bridgehead atoms. The monoisotopic (exact) mass is 337 g/mol. The van der Waals surface area contributed by atoms with Crippen molar-refractivity contribution in [1.29, 1.82) is 0 Å². The highest BCUT2D eigenvalue weighted by Crippen LogP contribution is 2.24. The Balaban J connectivity index is 2.14. The van der Waals surface area contributed by atoms with Gasteiger partial charge in [-0.25, -0.2) is 0 Å². The van der Waals surface area contributed by atoms with Gasteiger partial charge in [-0.15, -0.1) is 0 Å². The molecular weight excluding hydrogens is 318 g/mol. The lowest BCUT2D eigenvalue weighted by atomic mass is 10.1. The largest absolute Gasteiger partial charge is 0.495 e. The molecule has 1 aliphatic rings. The maximum Gasteiger partial charge on any atom is 0.308 e. The van der Waals surface area contributed by atoms with E-state index >= 15 is 0 Å². The zero-order valence-electron chi connectivity index (χ0n) is 13.0. The lowest BCUT2D eigenvalue weighted by molar-refractivity contribution is -0.144. The molecule has 2 rings (SSSR count). The first-order chi connectivity index (χ1) is 11.1. The van der Waals surface area contributed by atoms with Crippen molar-refractivity contribution < 1.29 is 19.1 Å². The Morgan fingerprint density at radius 2 is 2.17 bits per heavy atom. The number of nitrogens with one attached hydrogen (secondary N) is 2. The number of piperazine rings is 1. The molecule has 7 nitrogen and oxygen atoms in total. The minimum Gasteiger partial charge on any atom is -0.495 e. The van der Waals surface area contributed by atoms with E-state index in [4.69, 9.17) is 17.0 Å². The van der Waals surface area contributed by atoms with E-state index in [1.165, 1.54) is 7.11 Å². The normalized spacial score (nSPS) is 17.2. The number of anilines is 1. The summed E-state index contributed by atoms with van der Waals surface area (Å²) in [6.45, 7) is 0.971. The number of thiocarbonyl (C=S) groups is 1. The molecule has 1 aromatic carbocycles. The summed E-state index contributed by atoms with van der Waals surface area (Å²) in [7, 11) is 2.86. The molecule has 0 aromatic heterocycles. The molecule has 0 radical (unpaired) electrons. The highest BCUT2D eigenvalue weighted by molar-refractivity contribution is 7.80. The molecule has 23 heavy (non-hydrogen) atoms. The number of esters is 1. The molecule has 0 saturated carbocycles. The molecule has 1 fully saturated rings. The third kappa shape index (κ3) is 4.10. The van der Waals surface area contributed by atoms with E-state index in [2.05, 4.69) is 15.4 Å². The number of hydrogen-bond acceptors (Lipinski definition) is 5. The molecular formula is C15H19N3O4S. The van der Waals surface area contributed by atoms with Gasteiger partial charge in [0.25, 0.3) is 0 Å². The van der Waals surface area contributed by atoms with Crippen molar-refractivity contribution in [2.45, 2.75) is 12.5 Å². The van der Waals surface area contributed by atoms with Crippen molar-refractivity contribution in [3.63, 3.8) is 0 Å². The second-order valence-corrected chi connectivity index (χ2v) is 5.30. The molecule has 1 aliphatic heterocycles. The van der Waals surface area contributed by atoms with Crippen LogP contribution in [0.1, 0.15) is 6.42 Å². The number of nitrogens with zero attached hydrogens (tertiary/aromatic N) is 1. The topological polar surface area (TPSA) is 79.9 Å². The van der Waals surface area contributed by atoms with Gasteiger partial charge in [0.1, 0.15) is 11.8 Å². The average molecular weight is 337 g/mol. The minimum absolute atomic E-state index is 0.0594. The molecule has 0 aliphatic carbocycles. The summed E-state index contributed by atoms with van der Waals surface area (Å²) in [6.07, 6.45) is -0.0594. The van der Waals surface area contributed by atoms with Gasteiger partial charge in [0.15, 0.2) is 5.11 Å². The SMILES string of the molecule is COC(=O)CC1C(=O)NCCN1C(=S)Nc1ccccc1OC. The van der Waals surface area contributed by atoms with E-state index in [0.29, 0.717) is 29.6 Å². The van der Waals surface area contributed by atoms with Crippen LogP contribution in [0.15, 0.2) is 24.3 Å². The zero-order valence-corrected chi connectivity index (χ0v) is 13.8. The van der Waals surface area contributed by atoms with E-state index < -0.39 is 12.0 Å². The number of rotatable bonds is 4. The number of amides is 1. The highest BCUT2D eigenvalue weighted by Gasteiger charge is 2.33. The van der Waals surface area contributed by atoms with E-state index in [0.717, 1.165) is 0 Å². The van der Waals surface area contributed by atoms with Crippen LogP contribution in [-0.4, -0.2) is 55.2 Å². The minimum atomic E-state index is -0.689. The average Bonchev–Trinajstić information content (AvgIpc) is 2.56. The summed E-state index contributed by atoms with van der Waals surface area (Å²) in [5.74, 6) is -0.0659. The Hall–Kier alpha value is -2.35. The second-order valence-electron chi connectivity index (χ2n) is 4.91. The first-order valence-electron chi connectivity index (χ1n) is 7.12. The fraction of sp³-hybridized carbons (Fsp3) is 0.400. The van der Waals surface area contributed by atoms with Crippen LogP contribution in [0.25, 0.3) is 0 Å². The molecule has 1 saturated heterocycles. The Labute approximate surface area is 139 Å². The number of benzene rings is 1. The van der Waals surface area contributed by atoms with E-state index in [9.17, 15) is 9.59 Å². The van der Waals surface area contributed by atoms with Crippen molar-refractivity contribution in [2.75, 3.05) is 32.6 Å². The number of methoxy groups -OCH3 is 2. The third-order valence-electron chi connectivity index (χ3n) is 3.53. The summed E-state index contributed by atoms with van der Waals surface area (Å²) < 4.78 is 9.92. The molecule has 0 spiro atoms. The summed E-state index contributed by atoms with van der Waals surface area (Å²) in [5.41, 5.74) is 0.697. The van der Waals surface area contributed by atoms with E-state index in [1.54, 1.807) is 18.1 Å². The van der Waals surface area contributed by atoms with E-state index in [-0.39, 0.29) is 12.3 Å². The van der Waals surface area contributed by atoms with Gasteiger partial charge in [-0.2, -0.15) is 0 Å². The van der Waals surface area contributed by atoms with Gasteiger partial charge in [-0.05, 0) is 24.4 Å². The number of para-hydroxylation sites is 2. The lowest BCUT2D eigenvalue weighted by Gasteiger charge is -2.36. The van der Waals surface area contributed by atoms with E-state index in [1.807, 2.05) is 18.2 Å². The molecule has 1 unspecified atom stereocenters. The van der Waals surface area contributed by atoms with Crippen LogP contribution in [0.3, 0.4) is 0 Å². The van der Waals surface area contributed by atoms with Gasteiger partial charge >= 0.3 is 5.97 Å². The van der Waals surface area contributed by atoms with Crippen LogP contribution >= 0.6 is 12.2 Å². The first kappa shape index (κ1) is 17.0. The van der Waals surface area contributed by atoms with Crippen LogP contribution in [0.2, 0.25) is 0 Å². The fourth-order valence-electron chi connectivity index (χ4n) is 2.34. The summed E-state index contributed by atoms with van der Waals surface area (Å²) in [6, 6.07) is 6.64. The molecule has 1 heterocycles. The zero-order chi connectivity index (χ0) is 16.8. The maximum absolute atomic E-state index is 12.1. The number of carbonyl (C=O) groups excluding carboxylic acids is 2. The summed E-state index contributed by atoms with van der Waals surface area (Å²) in [5, 5.41) is 6.17. The molecule has 1 aromatic rings. The Kier molecular flexibility index (Phi) is 5.75. The Morgan fingerprint density at radius 3 is 2.87 bits per heavy atom. The first-order valence-corrected chi connectivity index (χ1v) is 7.52. The van der Waals surface area contributed by atoms with Gasteiger partial charge in [-0.3, -0.25) is 9.59 Å². The second kappa shape index (κ2) is 7.77. The fourth-order valence-corrected chi connectivity index (χ4v) is 2.67. The van der Waals surface area contributed by atoms with Crippen molar-refractivity contribution in [3.8, 4) is 5.75 Å². The third-order valence-corrected chi connectivity index (χ3v) is 3.86. The summed E-state index contributed by atoms with van der Waals surface area (Å²) >= 11 is 5.41. The van der Waals surface area contributed by atoms with Crippen LogP contribution in [0.4, 0.5) is 5.69 Å². The Bertz CT molecular complexity index is 608. The number of ether oxygens (including phenoxy) is 2. The van der Waals surface area contributed by atoms with Gasteiger partial charge < -0.3 is 25.0 Å². The standard InChI is InChI=1S/C15H19N3O4S/c1-21-12-6-4-3-5-10(12)17-15(23)18-8-7-16-14(20)11(18)9-13(19)22-2/h3-6,11H,7-9H2,1-2H3,(H,16,20)(H,17,23). The summed E-state index contributed by atoms with van der Waals surface area (Å²) in [4.78, 5) is 25.3. The number of carbonyl (C=O) groups is 2.